The van der Waals surface area contributed by atoms with Crippen LogP contribution in [-0.4, -0.2) is 36.3 Å². The molecular formula is C17H24N2O3. The van der Waals surface area contributed by atoms with Crippen molar-refractivity contribution < 1.29 is 14.3 Å². The molecule has 3 atom stereocenters. The smallest absolute Gasteiger partial charge is 0.220 e. The second kappa shape index (κ2) is 7.70. The predicted octanol–water partition coefficient (Wildman–Crippen LogP) is 2.38. The second-order valence-corrected chi connectivity index (χ2v) is 6.07. The molecular weight excluding hydrogens is 280 g/mol. The standard InChI is InChI=1S/C17H24N2O3/c20-16(7-6-14-5-1-2-10-21-14)19-15-8-11-22-17(15)13-4-3-9-18-12-13/h3-4,9,12,14-15,17H,1-2,5-8,10-11H2,(H,19,20)/t14-,15-,17+/m0/s1. The minimum Gasteiger partial charge on any atom is -0.378 e. The molecule has 0 unspecified atom stereocenters. The summed E-state index contributed by atoms with van der Waals surface area (Å²) in [4.78, 5) is 16.3. The van der Waals surface area contributed by atoms with E-state index in [2.05, 4.69) is 10.3 Å². The molecule has 2 aliphatic heterocycles. The van der Waals surface area contributed by atoms with Crippen LogP contribution in [0.5, 0.6) is 0 Å². The number of carbonyl (C=O) groups excluding carboxylic acids is 1. The first-order valence-electron chi connectivity index (χ1n) is 8.25. The van der Waals surface area contributed by atoms with E-state index in [-0.39, 0.29) is 24.2 Å². The maximum Gasteiger partial charge on any atom is 0.220 e. The van der Waals surface area contributed by atoms with Crippen molar-refractivity contribution in [3.8, 4) is 0 Å². The molecule has 2 aliphatic rings. The van der Waals surface area contributed by atoms with Gasteiger partial charge in [-0.2, -0.15) is 0 Å². The molecule has 5 nitrogen and oxygen atoms in total. The third-order valence-electron chi connectivity index (χ3n) is 4.42. The van der Waals surface area contributed by atoms with Crippen molar-refractivity contribution in [3.05, 3.63) is 30.1 Å². The first kappa shape index (κ1) is 15.4. The monoisotopic (exact) mass is 304 g/mol. The maximum atomic E-state index is 12.2. The average molecular weight is 304 g/mol. The Morgan fingerprint density at radius 2 is 2.23 bits per heavy atom. The number of hydrogen-bond donors (Lipinski definition) is 1. The van der Waals surface area contributed by atoms with Crippen molar-refractivity contribution in [1.29, 1.82) is 0 Å². The Labute approximate surface area is 131 Å². The number of nitrogens with one attached hydrogen (secondary N) is 1. The fraction of sp³-hybridized carbons (Fsp3) is 0.647. The van der Waals surface area contributed by atoms with Gasteiger partial charge in [0.2, 0.25) is 5.91 Å². The lowest BCUT2D eigenvalue weighted by Gasteiger charge is -2.23. The first-order chi connectivity index (χ1) is 10.8. The SMILES string of the molecule is O=C(CC[C@@H]1CCCCO1)N[C@H]1CCO[C@@H]1c1cccnc1. The molecule has 1 aromatic heterocycles. The summed E-state index contributed by atoms with van der Waals surface area (Å²) in [5.41, 5.74) is 1.03. The van der Waals surface area contributed by atoms with Crippen molar-refractivity contribution in [2.45, 2.75) is 56.8 Å². The molecule has 2 saturated heterocycles. The van der Waals surface area contributed by atoms with Crippen molar-refractivity contribution in [2.24, 2.45) is 0 Å². The van der Waals surface area contributed by atoms with E-state index in [1.165, 1.54) is 6.42 Å². The Hall–Kier alpha value is -1.46. The number of ether oxygens (including phenoxy) is 2. The number of hydrogen-bond acceptors (Lipinski definition) is 4. The highest BCUT2D eigenvalue weighted by Gasteiger charge is 2.31. The van der Waals surface area contributed by atoms with E-state index in [9.17, 15) is 4.79 Å². The molecule has 1 aromatic rings. The van der Waals surface area contributed by atoms with E-state index < -0.39 is 0 Å². The van der Waals surface area contributed by atoms with Gasteiger partial charge in [-0.1, -0.05) is 6.07 Å². The van der Waals surface area contributed by atoms with Crippen LogP contribution in [0.4, 0.5) is 0 Å². The predicted molar refractivity (Wildman–Crippen MR) is 82.3 cm³/mol. The molecule has 3 rings (SSSR count). The topological polar surface area (TPSA) is 60.5 Å². The molecule has 0 aliphatic carbocycles. The molecule has 1 N–H and O–H groups in total. The van der Waals surface area contributed by atoms with Gasteiger partial charge in [0.25, 0.3) is 0 Å². The van der Waals surface area contributed by atoms with E-state index in [0.29, 0.717) is 13.0 Å². The number of amides is 1. The number of rotatable bonds is 5. The summed E-state index contributed by atoms with van der Waals surface area (Å²) in [5, 5.41) is 3.12. The number of carbonyl (C=O) groups is 1. The fourth-order valence-electron chi connectivity index (χ4n) is 3.22. The Bertz CT molecular complexity index is 474. The molecule has 0 saturated carbocycles. The Kier molecular flexibility index (Phi) is 5.40. The zero-order valence-electron chi connectivity index (χ0n) is 12.9. The third-order valence-corrected chi connectivity index (χ3v) is 4.42. The summed E-state index contributed by atoms with van der Waals surface area (Å²) >= 11 is 0. The lowest BCUT2D eigenvalue weighted by atomic mass is 10.0. The van der Waals surface area contributed by atoms with Gasteiger partial charge in [-0.05, 0) is 38.2 Å². The van der Waals surface area contributed by atoms with E-state index in [1.54, 1.807) is 6.20 Å². The van der Waals surface area contributed by atoms with E-state index in [4.69, 9.17) is 9.47 Å². The Morgan fingerprint density at radius 1 is 1.27 bits per heavy atom. The first-order valence-corrected chi connectivity index (χ1v) is 8.25. The molecule has 0 radical (unpaired) electrons. The summed E-state index contributed by atoms with van der Waals surface area (Å²) in [6, 6.07) is 3.94. The van der Waals surface area contributed by atoms with Gasteiger partial charge in [-0.3, -0.25) is 9.78 Å². The van der Waals surface area contributed by atoms with Gasteiger partial charge >= 0.3 is 0 Å². The van der Waals surface area contributed by atoms with Crippen LogP contribution in [0.15, 0.2) is 24.5 Å². The molecule has 2 fully saturated rings. The van der Waals surface area contributed by atoms with Gasteiger partial charge in [0.1, 0.15) is 6.10 Å². The van der Waals surface area contributed by atoms with E-state index in [1.807, 2.05) is 18.3 Å². The van der Waals surface area contributed by atoms with Crippen molar-refractivity contribution in [2.75, 3.05) is 13.2 Å². The van der Waals surface area contributed by atoms with Crippen molar-refractivity contribution in [3.63, 3.8) is 0 Å². The van der Waals surface area contributed by atoms with Gasteiger partial charge in [0.15, 0.2) is 0 Å². The van der Waals surface area contributed by atoms with E-state index >= 15 is 0 Å². The van der Waals surface area contributed by atoms with Gasteiger partial charge in [0.05, 0.1) is 12.1 Å². The average Bonchev–Trinajstić information content (AvgIpc) is 3.03. The number of nitrogens with zero attached hydrogens (tertiary/aromatic N) is 1. The molecule has 0 aromatic carbocycles. The molecule has 1 amide bonds. The van der Waals surface area contributed by atoms with Gasteiger partial charge in [-0.15, -0.1) is 0 Å². The zero-order chi connectivity index (χ0) is 15.2. The number of pyridine rings is 1. The number of aromatic nitrogens is 1. The van der Waals surface area contributed by atoms with Crippen LogP contribution in [0.3, 0.4) is 0 Å². The van der Waals surface area contributed by atoms with Gasteiger partial charge in [-0.25, -0.2) is 0 Å². The van der Waals surface area contributed by atoms with Crippen LogP contribution in [0.1, 0.15) is 50.2 Å². The fourth-order valence-corrected chi connectivity index (χ4v) is 3.22. The van der Waals surface area contributed by atoms with Crippen molar-refractivity contribution >= 4 is 5.91 Å². The minimum atomic E-state index is -0.0800. The lowest BCUT2D eigenvalue weighted by molar-refractivity contribution is -0.123. The molecule has 0 spiro atoms. The minimum absolute atomic E-state index is 0.0453. The highest BCUT2D eigenvalue weighted by molar-refractivity contribution is 5.76. The van der Waals surface area contributed by atoms with Crippen LogP contribution in [0.2, 0.25) is 0 Å². The normalized spacial score (nSPS) is 28.5. The largest absolute Gasteiger partial charge is 0.378 e. The zero-order valence-corrected chi connectivity index (χ0v) is 12.9. The second-order valence-electron chi connectivity index (χ2n) is 6.07. The highest BCUT2D eigenvalue weighted by Crippen LogP contribution is 2.28. The Morgan fingerprint density at radius 3 is 3.00 bits per heavy atom. The molecule has 120 valence electrons. The quantitative estimate of drug-likeness (QED) is 0.907. The summed E-state index contributed by atoms with van der Waals surface area (Å²) in [5.74, 6) is 0.0959. The van der Waals surface area contributed by atoms with E-state index in [0.717, 1.165) is 37.9 Å². The Balaban J connectivity index is 1.48. The summed E-state index contributed by atoms with van der Waals surface area (Å²) in [6.45, 7) is 1.52. The van der Waals surface area contributed by atoms with Crippen LogP contribution < -0.4 is 5.32 Å². The lowest BCUT2D eigenvalue weighted by Crippen LogP contribution is -2.37. The van der Waals surface area contributed by atoms with Crippen LogP contribution in [0.25, 0.3) is 0 Å². The maximum absolute atomic E-state index is 12.2. The highest BCUT2D eigenvalue weighted by atomic mass is 16.5. The summed E-state index contributed by atoms with van der Waals surface area (Å²) in [7, 11) is 0. The third kappa shape index (κ3) is 4.05. The molecule has 22 heavy (non-hydrogen) atoms. The van der Waals surface area contributed by atoms with Crippen LogP contribution >= 0.6 is 0 Å². The molecule has 3 heterocycles. The summed E-state index contributed by atoms with van der Waals surface area (Å²) < 4.78 is 11.4. The molecule has 5 heteroatoms. The molecule has 0 bridgehead atoms. The van der Waals surface area contributed by atoms with Crippen molar-refractivity contribution in [1.82, 2.24) is 10.3 Å². The summed E-state index contributed by atoms with van der Waals surface area (Å²) in [6.07, 6.45) is 9.38. The van der Waals surface area contributed by atoms with Crippen LogP contribution in [-0.2, 0) is 14.3 Å². The van der Waals surface area contributed by atoms with Gasteiger partial charge < -0.3 is 14.8 Å². The van der Waals surface area contributed by atoms with Crippen LogP contribution in [0, 0.1) is 0 Å². The van der Waals surface area contributed by atoms with Gasteiger partial charge in [0, 0.05) is 37.6 Å².